The lowest BCUT2D eigenvalue weighted by molar-refractivity contribution is 0.619. The Bertz CT molecular complexity index is 827. The number of nitrogen functional groups attached to an aromatic ring is 1. The fraction of sp³-hybridized carbons (Fsp3) is 0.133. The molecule has 2 heterocycles. The number of aromatic amines is 1. The third kappa shape index (κ3) is 2.73. The van der Waals surface area contributed by atoms with E-state index in [1.54, 1.807) is 19.1 Å². The predicted octanol–water partition coefficient (Wildman–Crippen LogP) is 2.95. The fourth-order valence-corrected chi connectivity index (χ4v) is 2.04. The van der Waals surface area contributed by atoms with Crippen molar-refractivity contribution in [3.8, 4) is 11.3 Å². The van der Waals surface area contributed by atoms with E-state index >= 15 is 0 Å². The number of anilines is 3. The Balaban J connectivity index is 1.90. The van der Waals surface area contributed by atoms with Crippen molar-refractivity contribution < 1.29 is 4.39 Å². The molecule has 0 radical (unpaired) electrons. The lowest BCUT2D eigenvalue weighted by Crippen LogP contribution is -2.02. The molecule has 22 heavy (non-hydrogen) atoms. The van der Waals surface area contributed by atoms with Crippen LogP contribution in [0.3, 0.4) is 0 Å². The van der Waals surface area contributed by atoms with E-state index in [-0.39, 0.29) is 11.6 Å². The Morgan fingerprint density at radius 1 is 1.18 bits per heavy atom. The van der Waals surface area contributed by atoms with Crippen LogP contribution in [0.25, 0.3) is 11.3 Å². The molecule has 0 atom stereocenters. The van der Waals surface area contributed by atoms with Crippen molar-refractivity contribution in [2.75, 3.05) is 11.1 Å². The molecule has 0 saturated heterocycles. The summed E-state index contributed by atoms with van der Waals surface area (Å²) in [5, 5.41) is 9.86. The van der Waals surface area contributed by atoms with Crippen molar-refractivity contribution in [3.63, 3.8) is 0 Å². The van der Waals surface area contributed by atoms with Crippen molar-refractivity contribution >= 4 is 17.5 Å². The number of halogens is 1. The Hall–Kier alpha value is -2.96. The van der Waals surface area contributed by atoms with Gasteiger partial charge in [-0.05, 0) is 25.5 Å². The van der Waals surface area contributed by atoms with E-state index in [0.29, 0.717) is 28.5 Å². The van der Waals surface area contributed by atoms with Gasteiger partial charge in [0.05, 0.1) is 6.20 Å². The number of benzene rings is 1. The molecule has 3 aromatic rings. The molecular weight excluding hydrogens is 283 g/mol. The van der Waals surface area contributed by atoms with Crippen LogP contribution in [0, 0.1) is 19.7 Å². The summed E-state index contributed by atoms with van der Waals surface area (Å²) in [6, 6.07) is 6.69. The number of rotatable bonds is 3. The van der Waals surface area contributed by atoms with Crippen LogP contribution in [0.1, 0.15) is 11.3 Å². The van der Waals surface area contributed by atoms with Crippen molar-refractivity contribution in [1.82, 2.24) is 20.2 Å². The Morgan fingerprint density at radius 3 is 2.64 bits per heavy atom. The average molecular weight is 298 g/mol. The molecule has 0 aliphatic heterocycles. The Morgan fingerprint density at radius 2 is 2.00 bits per heavy atom. The fourth-order valence-electron chi connectivity index (χ4n) is 2.04. The minimum absolute atomic E-state index is 0.223. The van der Waals surface area contributed by atoms with Crippen LogP contribution in [0.4, 0.5) is 21.8 Å². The van der Waals surface area contributed by atoms with Crippen LogP contribution in [0.15, 0.2) is 30.5 Å². The molecule has 0 unspecified atom stereocenters. The molecule has 112 valence electrons. The summed E-state index contributed by atoms with van der Waals surface area (Å²) < 4.78 is 13.7. The third-order valence-corrected chi connectivity index (χ3v) is 3.21. The van der Waals surface area contributed by atoms with Gasteiger partial charge in [-0.3, -0.25) is 5.10 Å². The van der Waals surface area contributed by atoms with E-state index in [2.05, 4.69) is 25.5 Å². The maximum Gasteiger partial charge on any atom is 0.153 e. The highest BCUT2D eigenvalue weighted by Crippen LogP contribution is 2.25. The predicted molar refractivity (Wildman–Crippen MR) is 83.2 cm³/mol. The normalized spacial score (nSPS) is 10.7. The van der Waals surface area contributed by atoms with Crippen LogP contribution in [-0.4, -0.2) is 20.2 Å². The number of aromatic nitrogens is 4. The molecule has 0 amide bonds. The van der Waals surface area contributed by atoms with Gasteiger partial charge in [-0.1, -0.05) is 12.1 Å². The van der Waals surface area contributed by atoms with E-state index in [0.717, 1.165) is 5.69 Å². The van der Waals surface area contributed by atoms with Gasteiger partial charge in [-0.2, -0.15) is 5.10 Å². The molecule has 0 aliphatic rings. The van der Waals surface area contributed by atoms with Gasteiger partial charge in [0.2, 0.25) is 0 Å². The monoisotopic (exact) mass is 298 g/mol. The first-order chi connectivity index (χ1) is 10.5. The zero-order valence-electron chi connectivity index (χ0n) is 12.2. The number of hydrogen-bond acceptors (Lipinski definition) is 5. The SMILES string of the molecule is Cc1cc(Nc2cnc(-c3ccc(C)c(F)c3)c(N)n2)n[nH]1. The maximum absolute atomic E-state index is 13.7. The molecule has 6 nitrogen and oxygen atoms in total. The molecule has 4 N–H and O–H groups in total. The van der Waals surface area contributed by atoms with Crippen molar-refractivity contribution in [1.29, 1.82) is 0 Å². The van der Waals surface area contributed by atoms with Gasteiger partial charge in [0.15, 0.2) is 17.5 Å². The molecule has 0 bridgehead atoms. The Kier molecular flexibility index (Phi) is 3.46. The lowest BCUT2D eigenvalue weighted by Gasteiger charge is -2.08. The first-order valence-electron chi connectivity index (χ1n) is 6.71. The summed E-state index contributed by atoms with van der Waals surface area (Å²) in [4.78, 5) is 8.50. The first-order valence-corrected chi connectivity index (χ1v) is 6.71. The minimum atomic E-state index is -0.298. The van der Waals surface area contributed by atoms with Gasteiger partial charge < -0.3 is 11.1 Å². The smallest absolute Gasteiger partial charge is 0.153 e. The highest BCUT2D eigenvalue weighted by Gasteiger charge is 2.10. The van der Waals surface area contributed by atoms with E-state index in [1.807, 2.05) is 13.0 Å². The number of hydrogen-bond donors (Lipinski definition) is 3. The standard InChI is InChI=1S/C15H15FN6/c1-8-3-4-10(6-11(8)16)14-15(17)20-13(7-18-14)19-12-5-9(2)21-22-12/h3-7H,1-2H3,(H4,17,19,20,21,22). The molecule has 2 aromatic heterocycles. The van der Waals surface area contributed by atoms with Gasteiger partial charge in [0.25, 0.3) is 0 Å². The minimum Gasteiger partial charge on any atom is -0.382 e. The van der Waals surface area contributed by atoms with Crippen molar-refractivity contribution in [2.45, 2.75) is 13.8 Å². The van der Waals surface area contributed by atoms with Crippen LogP contribution >= 0.6 is 0 Å². The Labute approximate surface area is 126 Å². The molecule has 0 spiro atoms. The largest absolute Gasteiger partial charge is 0.382 e. The van der Waals surface area contributed by atoms with Gasteiger partial charge in [-0.15, -0.1) is 0 Å². The lowest BCUT2D eigenvalue weighted by atomic mass is 10.1. The van der Waals surface area contributed by atoms with Crippen molar-refractivity contribution in [3.05, 3.63) is 47.5 Å². The number of nitrogens with zero attached hydrogens (tertiary/aromatic N) is 3. The number of aryl methyl sites for hydroxylation is 2. The second kappa shape index (κ2) is 5.44. The zero-order valence-corrected chi connectivity index (χ0v) is 12.2. The molecule has 1 aromatic carbocycles. The van der Waals surface area contributed by atoms with Gasteiger partial charge in [0.1, 0.15) is 11.5 Å². The summed E-state index contributed by atoms with van der Waals surface area (Å²) in [5.74, 6) is 1.02. The summed E-state index contributed by atoms with van der Waals surface area (Å²) in [7, 11) is 0. The summed E-state index contributed by atoms with van der Waals surface area (Å²) >= 11 is 0. The van der Waals surface area contributed by atoms with Crippen LogP contribution in [0.5, 0.6) is 0 Å². The van der Waals surface area contributed by atoms with Gasteiger partial charge in [-0.25, -0.2) is 14.4 Å². The summed E-state index contributed by atoms with van der Waals surface area (Å²) in [5.41, 5.74) is 8.47. The maximum atomic E-state index is 13.7. The number of nitrogens with two attached hydrogens (primary N) is 1. The van der Waals surface area contributed by atoms with E-state index < -0.39 is 0 Å². The highest BCUT2D eigenvalue weighted by atomic mass is 19.1. The summed E-state index contributed by atoms with van der Waals surface area (Å²) in [6.07, 6.45) is 1.54. The quantitative estimate of drug-likeness (QED) is 0.691. The molecule has 0 saturated carbocycles. The van der Waals surface area contributed by atoms with E-state index in [1.165, 1.54) is 12.3 Å². The van der Waals surface area contributed by atoms with Gasteiger partial charge >= 0.3 is 0 Å². The zero-order chi connectivity index (χ0) is 15.7. The third-order valence-electron chi connectivity index (χ3n) is 3.21. The number of nitrogens with one attached hydrogen (secondary N) is 2. The molecule has 0 fully saturated rings. The molecular formula is C15H15FN6. The topological polar surface area (TPSA) is 92.5 Å². The highest BCUT2D eigenvalue weighted by molar-refractivity contribution is 5.71. The summed E-state index contributed by atoms with van der Waals surface area (Å²) in [6.45, 7) is 3.60. The molecule has 0 aliphatic carbocycles. The average Bonchev–Trinajstić information content (AvgIpc) is 2.87. The van der Waals surface area contributed by atoms with E-state index in [4.69, 9.17) is 5.73 Å². The number of H-pyrrole nitrogens is 1. The second-order valence-electron chi connectivity index (χ2n) is 5.01. The van der Waals surface area contributed by atoms with Crippen molar-refractivity contribution in [2.24, 2.45) is 0 Å². The molecule has 7 heteroatoms. The van der Waals surface area contributed by atoms with Crippen LogP contribution in [-0.2, 0) is 0 Å². The second-order valence-corrected chi connectivity index (χ2v) is 5.01. The molecule has 3 rings (SSSR count). The van der Waals surface area contributed by atoms with Crippen LogP contribution < -0.4 is 11.1 Å². The van der Waals surface area contributed by atoms with Crippen LogP contribution in [0.2, 0.25) is 0 Å². The van der Waals surface area contributed by atoms with E-state index in [9.17, 15) is 4.39 Å². The first kappa shape index (κ1) is 14.0. The van der Waals surface area contributed by atoms with Gasteiger partial charge in [0, 0.05) is 17.3 Å².